The Balaban J connectivity index is 1.84. The Hall–Kier alpha value is -1.47. The Bertz CT molecular complexity index is 827. The zero-order valence-electron chi connectivity index (χ0n) is 14.5. The van der Waals surface area contributed by atoms with Gasteiger partial charge in [0, 0.05) is 22.2 Å². The van der Waals surface area contributed by atoms with Crippen molar-refractivity contribution < 1.29 is 9.53 Å². The lowest BCUT2D eigenvalue weighted by atomic mass is 9.62. The first kappa shape index (κ1) is 17.0. The summed E-state index contributed by atoms with van der Waals surface area (Å²) in [5, 5.41) is 0. The number of rotatable bonds is 3. The quantitative estimate of drug-likeness (QED) is 0.520. The van der Waals surface area contributed by atoms with Crippen molar-refractivity contribution >= 4 is 40.0 Å². The second-order valence-electron chi connectivity index (χ2n) is 6.74. The standard InChI is InChI=1S/C20H21IN2O2/c1-3-13(21)12-23-11-10-20-14-6-4-5-7-16(14)22-18(20)17(23)9-8-15(20)19(24)25-2/h3-8,17H,9-12H2,1-2H3/b13-3-/t17-,20-/m1/s1. The third-order valence-corrected chi connectivity index (χ3v) is 6.61. The number of benzene rings is 1. The van der Waals surface area contributed by atoms with E-state index in [0.717, 1.165) is 48.5 Å². The van der Waals surface area contributed by atoms with Crippen molar-refractivity contribution in [1.82, 2.24) is 4.90 Å². The molecule has 2 atom stereocenters. The second kappa shape index (κ2) is 6.36. The minimum atomic E-state index is -0.398. The highest BCUT2D eigenvalue weighted by atomic mass is 127. The highest BCUT2D eigenvalue weighted by molar-refractivity contribution is 14.1. The summed E-state index contributed by atoms with van der Waals surface area (Å²) in [5.74, 6) is -0.223. The molecule has 25 heavy (non-hydrogen) atoms. The molecule has 2 heterocycles. The summed E-state index contributed by atoms with van der Waals surface area (Å²) in [6.45, 7) is 3.97. The molecule has 0 radical (unpaired) electrons. The Morgan fingerprint density at radius 1 is 1.48 bits per heavy atom. The average molecular weight is 448 g/mol. The normalized spacial score (nSPS) is 28.0. The van der Waals surface area contributed by atoms with Gasteiger partial charge in [-0.3, -0.25) is 9.89 Å². The van der Waals surface area contributed by atoms with E-state index in [1.807, 2.05) is 12.1 Å². The van der Waals surface area contributed by atoms with Crippen LogP contribution in [-0.2, 0) is 14.9 Å². The average Bonchev–Trinajstić information content (AvgIpc) is 2.99. The van der Waals surface area contributed by atoms with Crippen LogP contribution in [0.3, 0.4) is 0 Å². The molecule has 2 bridgehead atoms. The number of allylic oxidation sites excluding steroid dienone is 1. The summed E-state index contributed by atoms with van der Waals surface area (Å²) in [5.41, 5.74) is 3.66. The number of hydrogen-bond donors (Lipinski definition) is 0. The number of likely N-dealkylation sites (tertiary alicyclic amines) is 1. The van der Waals surface area contributed by atoms with Gasteiger partial charge in [0.15, 0.2) is 0 Å². The molecule has 0 unspecified atom stereocenters. The first-order valence-electron chi connectivity index (χ1n) is 8.64. The zero-order valence-corrected chi connectivity index (χ0v) is 16.6. The molecule has 1 aromatic rings. The molecule has 130 valence electrons. The maximum Gasteiger partial charge on any atom is 0.334 e. The molecular weight excluding hydrogens is 427 g/mol. The molecule has 0 saturated carbocycles. The lowest BCUT2D eigenvalue weighted by Crippen LogP contribution is -2.59. The van der Waals surface area contributed by atoms with Crippen LogP contribution in [0.4, 0.5) is 5.69 Å². The number of hydrogen-bond acceptors (Lipinski definition) is 4. The van der Waals surface area contributed by atoms with E-state index in [0.29, 0.717) is 0 Å². The van der Waals surface area contributed by atoms with Crippen LogP contribution in [0.25, 0.3) is 0 Å². The number of ether oxygens (including phenoxy) is 1. The van der Waals surface area contributed by atoms with E-state index >= 15 is 0 Å². The molecule has 4 nitrogen and oxygen atoms in total. The largest absolute Gasteiger partial charge is 0.466 e. The van der Waals surface area contributed by atoms with Gasteiger partial charge in [-0.2, -0.15) is 0 Å². The molecule has 4 rings (SSSR count). The summed E-state index contributed by atoms with van der Waals surface area (Å²) < 4.78 is 6.46. The van der Waals surface area contributed by atoms with E-state index in [-0.39, 0.29) is 12.0 Å². The number of fused-ring (bicyclic) bond motifs is 1. The predicted octanol–water partition coefficient (Wildman–Crippen LogP) is 3.93. The Morgan fingerprint density at radius 3 is 3.04 bits per heavy atom. The fraction of sp³-hybridized carbons (Fsp3) is 0.400. The van der Waals surface area contributed by atoms with Crippen LogP contribution in [-0.4, -0.2) is 42.8 Å². The van der Waals surface area contributed by atoms with Gasteiger partial charge in [-0.05, 0) is 54.0 Å². The van der Waals surface area contributed by atoms with Crippen LogP contribution in [0.2, 0.25) is 0 Å². The smallest absolute Gasteiger partial charge is 0.334 e. The Morgan fingerprint density at radius 2 is 2.28 bits per heavy atom. The highest BCUT2D eigenvalue weighted by Crippen LogP contribution is 2.53. The SMILES string of the molecule is C/C=C(\I)CN1CC[C@@]23C(C(=O)OC)=CC[C@@H]1C2=Nc1ccccc13. The van der Waals surface area contributed by atoms with Crippen LogP contribution >= 0.6 is 22.6 Å². The number of halogens is 1. The van der Waals surface area contributed by atoms with Crippen molar-refractivity contribution in [3.8, 4) is 0 Å². The molecular formula is C20H21IN2O2. The molecule has 3 aliphatic rings. The van der Waals surface area contributed by atoms with Crippen LogP contribution in [0.15, 0.2) is 50.6 Å². The van der Waals surface area contributed by atoms with Crippen molar-refractivity contribution in [2.75, 3.05) is 20.2 Å². The van der Waals surface area contributed by atoms with E-state index < -0.39 is 5.41 Å². The van der Waals surface area contributed by atoms with Gasteiger partial charge >= 0.3 is 5.97 Å². The van der Waals surface area contributed by atoms with Crippen LogP contribution in [0, 0.1) is 0 Å². The van der Waals surface area contributed by atoms with Crippen molar-refractivity contribution in [2.24, 2.45) is 4.99 Å². The van der Waals surface area contributed by atoms with E-state index in [1.54, 1.807) is 0 Å². The number of carbonyl (C=O) groups is 1. The van der Waals surface area contributed by atoms with Gasteiger partial charge in [0.05, 0.1) is 30.0 Å². The summed E-state index contributed by atoms with van der Waals surface area (Å²) in [4.78, 5) is 20.0. The number of nitrogens with zero attached hydrogens (tertiary/aromatic N) is 2. The fourth-order valence-corrected chi connectivity index (χ4v) is 4.92. The van der Waals surface area contributed by atoms with E-state index in [2.05, 4.69) is 58.7 Å². The van der Waals surface area contributed by atoms with Crippen molar-refractivity contribution in [3.63, 3.8) is 0 Å². The van der Waals surface area contributed by atoms with Crippen LogP contribution < -0.4 is 0 Å². The molecule has 0 spiro atoms. The molecule has 1 fully saturated rings. The Labute approximate surface area is 161 Å². The molecule has 1 aliphatic carbocycles. The zero-order chi connectivity index (χ0) is 17.6. The summed E-state index contributed by atoms with van der Waals surface area (Å²) in [7, 11) is 1.47. The van der Waals surface area contributed by atoms with Gasteiger partial charge < -0.3 is 4.74 Å². The van der Waals surface area contributed by atoms with E-state index in [1.165, 1.54) is 10.7 Å². The number of aliphatic imine (C=N–C) groups is 1. The molecule has 0 amide bonds. The molecule has 5 heteroatoms. The number of carbonyl (C=O) groups excluding carboxylic acids is 1. The molecule has 0 aromatic heterocycles. The van der Waals surface area contributed by atoms with Crippen molar-refractivity contribution in [3.05, 3.63) is 51.1 Å². The van der Waals surface area contributed by atoms with E-state index in [9.17, 15) is 4.79 Å². The van der Waals surface area contributed by atoms with Crippen molar-refractivity contribution in [1.29, 1.82) is 0 Å². The molecule has 0 N–H and O–H groups in total. The monoisotopic (exact) mass is 448 g/mol. The topological polar surface area (TPSA) is 41.9 Å². The number of methoxy groups -OCH3 is 1. The third kappa shape index (κ3) is 2.43. The first-order chi connectivity index (χ1) is 12.1. The predicted molar refractivity (Wildman–Crippen MR) is 108 cm³/mol. The van der Waals surface area contributed by atoms with Gasteiger partial charge in [-0.1, -0.05) is 30.4 Å². The molecule has 2 aliphatic heterocycles. The van der Waals surface area contributed by atoms with Gasteiger partial charge in [-0.15, -0.1) is 0 Å². The van der Waals surface area contributed by atoms with Crippen LogP contribution in [0.1, 0.15) is 25.3 Å². The maximum absolute atomic E-state index is 12.6. The number of piperidine rings is 1. The molecule has 1 saturated heterocycles. The highest BCUT2D eigenvalue weighted by Gasteiger charge is 2.56. The van der Waals surface area contributed by atoms with Gasteiger partial charge in [0.25, 0.3) is 0 Å². The Kier molecular flexibility index (Phi) is 4.32. The number of para-hydroxylation sites is 1. The summed E-state index contributed by atoms with van der Waals surface area (Å²) in [6.07, 6.45) is 5.93. The summed E-state index contributed by atoms with van der Waals surface area (Å²) >= 11 is 2.41. The molecule has 1 aromatic carbocycles. The lowest BCUT2D eigenvalue weighted by Gasteiger charge is -2.49. The first-order valence-corrected chi connectivity index (χ1v) is 9.72. The van der Waals surface area contributed by atoms with E-state index in [4.69, 9.17) is 9.73 Å². The maximum atomic E-state index is 12.6. The summed E-state index contributed by atoms with van der Waals surface area (Å²) in [6, 6.07) is 8.48. The third-order valence-electron chi connectivity index (χ3n) is 5.65. The minimum absolute atomic E-state index is 0.223. The van der Waals surface area contributed by atoms with Gasteiger partial charge in [0.1, 0.15) is 0 Å². The lowest BCUT2D eigenvalue weighted by molar-refractivity contribution is -0.136. The van der Waals surface area contributed by atoms with Crippen LogP contribution in [0.5, 0.6) is 0 Å². The second-order valence-corrected chi connectivity index (χ2v) is 8.12. The fourth-order valence-electron chi connectivity index (χ4n) is 4.48. The van der Waals surface area contributed by atoms with Gasteiger partial charge in [0.2, 0.25) is 0 Å². The van der Waals surface area contributed by atoms with Gasteiger partial charge in [-0.25, -0.2) is 4.79 Å². The number of esters is 1. The minimum Gasteiger partial charge on any atom is -0.466 e. The van der Waals surface area contributed by atoms with Crippen molar-refractivity contribution in [2.45, 2.75) is 31.2 Å².